The minimum absolute atomic E-state index is 0.111. The molecule has 6 nitrogen and oxygen atoms in total. The molecule has 0 saturated heterocycles. The first-order chi connectivity index (χ1) is 12.1. The van der Waals surface area contributed by atoms with Crippen LogP contribution in [0.15, 0.2) is 46.5 Å². The summed E-state index contributed by atoms with van der Waals surface area (Å²) in [6, 6.07) is 8.29. The number of hydrogen-bond acceptors (Lipinski definition) is 7. The number of ether oxygens (including phenoxy) is 2. The highest BCUT2D eigenvalue weighted by atomic mass is 32.1. The zero-order valence-corrected chi connectivity index (χ0v) is 14.6. The Balaban J connectivity index is 1.54. The van der Waals surface area contributed by atoms with Crippen LogP contribution < -0.4 is 10.5 Å². The fourth-order valence-corrected chi connectivity index (χ4v) is 3.47. The molecule has 0 unspecified atom stereocenters. The van der Waals surface area contributed by atoms with Gasteiger partial charge < -0.3 is 15.2 Å². The summed E-state index contributed by atoms with van der Waals surface area (Å²) in [6.07, 6.45) is 0. The van der Waals surface area contributed by atoms with Crippen molar-refractivity contribution in [3.63, 3.8) is 0 Å². The topological polar surface area (TPSA) is 91.5 Å². The first-order valence-corrected chi connectivity index (χ1v) is 9.09. The zero-order valence-electron chi connectivity index (χ0n) is 13.0. The Morgan fingerprint density at radius 1 is 1.12 bits per heavy atom. The molecular weight excluding hydrogens is 360 g/mol. The van der Waals surface area contributed by atoms with Gasteiger partial charge in [0.25, 0.3) is 5.91 Å². The van der Waals surface area contributed by atoms with Crippen molar-refractivity contribution in [1.29, 1.82) is 0 Å². The molecule has 2 aromatic heterocycles. The fraction of sp³-hybridized carbons (Fsp3) is 0.118. The molecule has 0 aliphatic heterocycles. The molecule has 0 bridgehead atoms. The third-order valence-corrected chi connectivity index (χ3v) is 4.77. The van der Waals surface area contributed by atoms with Crippen LogP contribution in [0.4, 0.5) is 0 Å². The lowest BCUT2D eigenvalue weighted by Gasteiger charge is -2.05. The van der Waals surface area contributed by atoms with Crippen LogP contribution >= 0.6 is 22.7 Å². The standard InChI is InChI=1S/C17H14N2O4S2/c18-15(20)8-22-14-3-1-11(2-4-14)17(21)23-7-13-10-25-16(19-13)12-5-6-24-9-12/h1-6,9-10H,7-8H2,(H2,18,20). The van der Waals surface area contributed by atoms with E-state index < -0.39 is 11.9 Å². The van der Waals surface area contributed by atoms with Crippen molar-refractivity contribution < 1.29 is 19.1 Å². The van der Waals surface area contributed by atoms with E-state index in [9.17, 15) is 9.59 Å². The highest BCUT2D eigenvalue weighted by molar-refractivity contribution is 7.14. The Morgan fingerprint density at radius 3 is 2.60 bits per heavy atom. The maximum absolute atomic E-state index is 12.1. The number of carbonyl (C=O) groups excluding carboxylic acids is 2. The van der Waals surface area contributed by atoms with Crippen LogP contribution in [-0.2, 0) is 16.1 Å². The molecule has 0 aliphatic rings. The number of hydrogen-bond donors (Lipinski definition) is 1. The lowest BCUT2D eigenvalue weighted by molar-refractivity contribution is -0.119. The summed E-state index contributed by atoms with van der Waals surface area (Å²) in [6.45, 7) is -0.0977. The number of thiazole rings is 1. The van der Waals surface area contributed by atoms with Crippen LogP contribution in [0.25, 0.3) is 10.6 Å². The largest absolute Gasteiger partial charge is 0.484 e. The van der Waals surface area contributed by atoms with Gasteiger partial charge in [-0.25, -0.2) is 9.78 Å². The van der Waals surface area contributed by atoms with Gasteiger partial charge >= 0.3 is 5.97 Å². The van der Waals surface area contributed by atoms with Crippen molar-refractivity contribution in [2.24, 2.45) is 5.73 Å². The van der Waals surface area contributed by atoms with E-state index in [1.807, 2.05) is 22.2 Å². The third kappa shape index (κ3) is 4.65. The maximum atomic E-state index is 12.1. The molecule has 0 atom stereocenters. The number of esters is 1. The van der Waals surface area contributed by atoms with Crippen molar-refractivity contribution in [2.45, 2.75) is 6.61 Å². The van der Waals surface area contributed by atoms with Crippen LogP contribution in [0.1, 0.15) is 16.1 Å². The second-order valence-electron chi connectivity index (χ2n) is 5.01. The van der Waals surface area contributed by atoms with E-state index in [2.05, 4.69) is 4.98 Å². The van der Waals surface area contributed by atoms with Gasteiger partial charge in [-0.1, -0.05) is 0 Å². The van der Waals surface area contributed by atoms with E-state index in [-0.39, 0.29) is 13.2 Å². The van der Waals surface area contributed by atoms with Crippen LogP contribution in [0.5, 0.6) is 5.75 Å². The molecule has 1 aromatic carbocycles. The number of nitrogens with zero attached hydrogens (tertiary/aromatic N) is 1. The fourth-order valence-electron chi connectivity index (χ4n) is 1.96. The van der Waals surface area contributed by atoms with Crippen LogP contribution in [-0.4, -0.2) is 23.5 Å². The number of primary amides is 1. The summed E-state index contributed by atoms with van der Waals surface area (Å²) in [5.41, 5.74) is 7.17. The first-order valence-electron chi connectivity index (χ1n) is 7.27. The molecule has 3 aromatic rings. The molecule has 8 heteroatoms. The highest BCUT2D eigenvalue weighted by Gasteiger charge is 2.10. The minimum Gasteiger partial charge on any atom is -0.484 e. The molecule has 2 heterocycles. The smallest absolute Gasteiger partial charge is 0.338 e. The van der Waals surface area contributed by atoms with Crippen LogP contribution in [0.2, 0.25) is 0 Å². The van der Waals surface area contributed by atoms with Crippen molar-refractivity contribution in [1.82, 2.24) is 4.98 Å². The quantitative estimate of drug-likeness (QED) is 0.642. The van der Waals surface area contributed by atoms with Crippen LogP contribution in [0, 0.1) is 0 Å². The molecule has 25 heavy (non-hydrogen) atoms. The summed E-state index contributed by atoms with van der Waals surface area (Å²) in [7, 11) is 0. The SMILES string of the molecule is NC(=O)COc1ccc(C(=O)OCc2csc(-c3ccsc3)n2)cc1. The Hall–Kier alpha value is -2.71. The third-order valence-electron chi connectivity index (χ3n) is 3.14. The normalized spacial score (nSPS) is 10.4. The van der Waals surface area contributed by atoms with Gasteiger partial charge in [-0.3, -0.25) is 4.79 Å². The molecule has 2 N–H and O–H groups in total. The number of nitrogens with two attached hydrogens (primary N) is 1. The molecule has 0 aliphatic carbocycles. The Labute approximate surface area is 151 Å². The molecule has 3 rings (SSSR count). The van der Waals surface area contributed by atoms with E-state index >= 15 is 0 Å². The number of carbonyl (C=O) groups is 2. The Bertz CT molecular complexity index is 857. The zero-order chi connectivity index (χ0) is 17.6. The number of amides is 1. The van der Waals surface area contributed by atoms with E-state index in [4.69, 9.17) is 15.2 Å². The summed E-state index contributed by atoms with van der Waals surface area (Å²) >= 11 is 3.13. The molecule has 0 fully saturated rings. The van der Waals surface area contributed by atoms with Gasteiger partial charge in [0.05, 0.1) is 11.3 Å². The number of benzene rings is 1. The predicted octanol–water partition coefficient (Wildman–Crippen LogP) is 3.09. The average Bonchev–Trinajstić information content (AvgIpc) is 3.29. The second-order valence-corrected chi connectivity index (χ2v) is 6.65. The van der Waals surface area contributed by atoms with Gasteiger partial charge in [-0.15, -0.1) is 11.3 Å². The van der Waals surface area contributed by atoms with E-state index in [0.29, 0.717) is 17.0 Å². The van der Waals surface area contributed by atoms with E-state index in [1.54, 1.807) is 35.6 Å². The highest BCUT2D eigenvalue weighted by Crippen LogP contribution is 2.26. The maximum Gasteiger partial charge on any atom is 0.338 e. The molecule has 0 radical (unpaired) electrons. The van der Waals surface area contributed by atoms with E-state index in [0.717, 1.165) is 10.6 Å². The molecule has 1 amide bonds. The number of rotatable bonds is 7. The number of aromatic nitrogens is 1. The average molecular weight is 374 g/mol. The van der Waals surface area contributed by atoms with Gasteiger partial charge in [0, 0.05) is 16.3 Å². The van der Waals surface area contributed by atoms with Gasteiger partial charge in [0.15, 0.2) is 6.61 Å². The summed E-state index contributed by atoms with van der Waals surface area (Å²) in [5.74, 6) is -0.560. The van der Waals surface area contributed by atoms with E-state index in [1.165, 1.54) is 11.3 Å². The van der Waals surface area contributed by atoms with Crippen LogP contribution in [0.3, 0.4) is 0 Å². The van der Waals surface area contributed by atoms with Crippen molar-refractivity contribution in [3.05, 3.63) is 57.7 Å². The predicted molar refractivity (Wildman–Crippen MR) is 95.7 cm³/mol. The van der Waals surface area contributed by atoms with Gasteiger partial charge in [0.1, 0.15) is 17.4 Å². The van der Waals surface area contributed by atoms with Gasteiger partial charge in [-0.2, -0.15) is 11.3 Å². The second kappa shape index (κ2) is 7.91. The Morgan fingerprint density at radius 2 is 1.92 bits per heavy atom. The van der Waals surface area contributed by atoms with Gasteiger partial charge in [-0.05, 0) is 35.7 Å². The summed E-state index contributed by atoms with van der Waals surface area (Å²) in [5, 5.41) is 6.80. The first kappa shape index (κ1) is 17.1. The minimum atomic E-state index is -0.562. The lowest BCUT2D eigenvalue weighted by atomic mass is 10.2. The molecule has 128 valence electrons. The molecule has 0 saturated carbocycles. The Kier molecular flexibility index (Phi) is 5.42. The van der Waals surface area contributed by atoms with Crippen molar-refractivity contribution in [2.75, 3.05) is 6.61 Å². The molecule has 0 spiro atoms. The van der Waals surface area contributed by atoms with Crippen molar-refractivity contribution in [3.8, 4) is 16.3 Å². The lowest BCUT2D eigenvalue weighted by Crippen LogP contribution is -2.20. The number of thiophene rings is 1. The summed E-state index contributed by atoms with van der Waals surface area (Å²) < 4.78 is 10.4. The van der Waals surface area contributed by atoms with Crippen molar-refractivity contribution >= 4 is 34.6 Å². The monoisotopic (exact) mass is 374 g/mol. The summed E-state index contributed by atoms with van der Waals surface area (Å²) in [4.78, 5) is 27.2. The molecular formula is C17H14N2O4S2. The van der Waals surface area contributed by atoms with Gasteiger partial charge in [0.2, 0.25) is 0 Å².